The maximum atomic E-state index is 12.0. The number of nitrogens with zero attached hydrogens (tertiary/aromatic N) is 3. The maximum Gasteiger partial charge on any atom is 0.416 e. The Morgan fingerprint density at radius 1 is 1.24 bits per heavy atom. The first-order valence-electron chi connectivity index (χ1n) is 3.92. The molecule has 0 radical (unpaired) electrons. The van der Waals surface area contributed by atoms with E-state index in [9.17, 15) is 23.3 Å². The second-order valence-electron chi connectivity index (χ2n) is 2.53. The highest BCUT2D eigenvalue weighted by molar-refractivity contribution is 5.35. The molecule has 0 bridgehead atoms. The first kappa shape index (κ1) is 14.4. The van der Waals surface area contributed by atoms with Crippen molar-refractivity contribution in [2.24, 2.45) is 0 Å². The van der Waals surface area contributed by atoms with Crippen molar-refractivity contribution in [3.8, 4) is 12.1 Å². The molecule has 5 nitrogen and oxygen atoms in total. The zero-order chi connectivity index (χ0) is 13.5. The molecule has 0 saturated heterocycles. The van der Waals surface area contributed by atoms with Crippen LogP contribution in [-0.4, -0.2) is 4.92 Å². The summed E-state index contributed by atoms with van der Waals surface area (Å²) in [6, 6.07) is 5.77. The quantitative estimate of drug-likeness (QED) is 0.559. The largest absolute Gasteiger partial charge is 0.416 e. The first-order valence-corrected chi connectivity index (χ1v) is 3.92. The minimum absolute atomic E-state index is 0.500. The van der Waals surface area contributed by atoms with E-state index in [0.717, 1.165) is 18.2 Å². The number of non-ortho nitro benzene ring substituents is 1. The van der Waals surface area contributed by atoms with E-state index in [0.29, 0.717) is 6.07 Å². The van der Waals surface area contributed by atoms with Crippen LogP contribution in [0.3, 0.4) is 0 Å². The van der Waals surface area contributed by atoms with E-state index in [4.69, 9.17) is 10.5 Å². The van der Waals surface area contributed by atoms with Gasteiger partial charge in [-0.2, -0.15) is 23.7 Å². The zero-order valence-corrected chi connectivity index (χ0v) is 8.10. The third-order valence-corrected chi connectivity index (χ3v) is 1.43. The monoisotopic (exact) mass is 243 g/mol. The highest BCUT2D eigenvalue weighted by Gasteiger charge is 2.31. The van der Waals surface area contributed by atoms with Gasteiger partial charge in [-0.15, -0.1) is 0 Å². The summed E-state index contributed by atoms with van der Waals surface area (Å²) in [6.45, 7) is 0. The molecule has 0 fully saturated rings. The Morgan fingerprint density at radius 3 is 2.12 bits per heavy atom. The van der Waals surface area contributed by atoms with Gasteiger partial charge in [0.1, 0.15) is 0 Å². The average Bonchev–Trinajstić information content (AvgIpc) is 2.28. The predicted octanol–water partition coefficient (Wildman–Crippen LogP) is 2.65. The van der Waals surface area contributed by atoms with Crippen molar-refractivity contribution in [2.45, 2.75) is 6.18 Å². The van der Waals surface area contributed by atoms with E-state index >= 15 is 0 Å². The molecule has 1 rings (SSSR count). The summed E-state index contributed by atoms with van der Waals surface area (Å²) in [5.74, 6) is 0. The Morgan fingerprint density at radius 2 is 1.76 bits per heavy atom. The van der Waals surface area contributed by atoms with Crippen LogP contribution in [0.2, 0.25) is 0 Å². The van der Waals surface area contributed by atoms with Crippen LogP contribution in [0.1, 0.15) is 5.56 Å². The second-order valence-corrected chi connectivity index (χ2v) is 2.53. The van der Waals surface area contributed by atoms with E-state index in [1.54, 1.807) is 0 Å². The number of nitro groups is 1. The highest BCUT2D eigenvalue weighted by atomic mass is 19.4. The molecule has 0 heterocycles. The summed E-state index contributed by atoms with van der Waals surface area (Å²) in [5.41, 5.74) is -1.57. The molecule has 17 heavy (non-hydrogen) atoms. The minimum atomic E-state index is -4.54. The van der Waals surface area contributed by atoms with Crippen LogP contribution in [0, 0.1) is 32.8 Å². The smallest absolute Gasteiger partial charge is 0.258 e. The summed E-state index contributed by atoms with van der Waals surface area (Å²) in [4.78, 5) is 9.25. The van der Waals surface area contributed by atoms with Gasteiger partial charge >= 0.3 is 6.18 Å². The van der Waals surface area contributed by atoms with Gasteiger partial charge in [-0.1, -0.05) is 6.07 Å². The Hall–Kier alpha value is -2.61. The fraction of sp³-hybridized carbons (Fsp3) is 0.111. The van der Waals surface area contributed by atoms with Crippen molar-refractivity contribution < 1.29 is 18.1 Å². The van der Waals surface area contributed by atoms with E-state index in [1.165, 1.54) is 12.1 Å². The topological polar surface area (TPSA) is 90.7 Å². The number of rotatable bonds is 1. The predicted molar refractivity (Wildman–Crippen MR) is 49.3 cm³/mol. The fourth-order valence-corrected chi connectivity index (χ4v) is 0.796. The third kappa shape index (κ3) is 5.14. The van der Waals surface area contributed by atoms with Gasteiger partial charge in [-0.25, -0.2) is 0 Å². The van der Waals surface area contributed by atoms with Crippen LogP contribution in [0.15, 0.2) is 24.3 Å². The lowest BCUT2D eigenvalue weighted by Gasteiger charge is -2.04. The summed E-state index contributed by atoms with van der Waals surface area (Å²) >= 11 is 0. The number of hydrogen-bond acceptors (Lipinski definition) is 4. The molecule has 0 aromatic heterocycles. The molecule has 0 atom stereocenters. The molecule has 0 N–H and O–H groups in total. The Labute approximate surface area is 93.5 Å². The van der Waals surface area contributed by atoms with Gasteiger partial charge in [0.2, 0.25) is 0 Å². The van der Waals surface area contributed by atoms with E-state index in [2.05, 4.69) is 0 Å². The Balaban J connectivity index is 0.000000557. The average molecular weight is 243 g/mol. The Kier molecular flexibility index (Phi) is 5.14. The molecule has 0 aliphatic heterocycles. The van der Waals surface area contributed by atoms with Crippen molar-refractivity contribution in [1.29, 1.82) is 10.5 Å². The van der Waals surface area contributed by atoms with Gasteiger partial charge in [0.05, 0.1) is 10.5 Å². The molecule has 0 aliphatic rings. The summed E-state index contributed by atoms with van der Waals surface area (Å²) in [6.07, 6.45) is -4.54. The van der Waals surface area contributed by atoms with Gasteiger partial charge in [0.15, 0.2) is 12.1 Å². The number of benzene rings is 1. The molecule has 88 valence electrons. The lowest BCUT2D eigenvalue weighted by atomic mass is 10.2. The molecular formula is C9H4F3N3O2. The number of halogens is 3. The van der Waals surface area contributed by atoms with Crippen LogP contribution in [0.5, 0.6) is 0 Å². The van der Waals surface area contributed by atoms with Crippen molar-refractivity contribution in [2.75, 3.05) is 0 Å². The number of nitro benzene ring substituents is 1. The van der Waals surface area contributed by atoms with Gasteiger partial charge in [-0.3, -0.25) is 10.1 Å². The molecule has 0 amide bonds. The van der Waals surface area contributed by atoms with Crippen LogP contribution in [0.25, 0.3) is 0 Å². The van der Waals surface area contributed by atoms with Gasteiger partial charge in [0, 0.05) is 12.1 Å². The third-order valence-electron chi connectivity index (χ3n) is 1.43. The Bertz CT molecular complexity index is 473. The van der Waals surface area contributed by atoms with E-state index in [-0.39, 0.29) is 0 Å². The van der Waals surface area contributed by atoms with Crippen molar-refractivity contribution in [1.82, 2.24) is 0 Å². The highest BCUT2D eigenvalue weighted by Crippen LogP contribution is 2.30. The van der Waals surface area contributed by atoms with Crippen LogP contribution in [-0.2, 0) is 6.18 Å². The molecule has 0 spiro atoms. The molecule has 1 aromatic rings. The van der Waals surface area contributed by atoms with Crippen molar-refractivity contribution in [3.63, 3.8) is 0 Å². The molecule has 8 heteroatoms. The van der Waals surface area contributed by atoms with Gasteiger partial charge < -0.3 is 0 Å². The lowest BCUT2D eigenvalue weighted by Crippen LogP contribution is -2.04. The standard InChI is InChI=1S/C7H4F3NO2.C2N2/c8-7(9,10)5-2-1-3-6(4-5)11(12)13;3-1-2-4/h1-4H;. The fourth-order valence-electron chi connectivity index (χ4n) is 0.796. The van der Waals surface area contributed by atoms with Gasteiger partial charge in [0.25, 0.3) is 5.69 Å². The van der Waals surface area contributed by atoms with Crippen LogP contribution < -0.4 is 0 Å². The first-order chi connectivity index (χ1) is 7.82. The van der Waals surface area contributed by atoms with Crippen molar-refractivity contribution >= 4 is 5.69 Å². The van der Waals surface area contributed by atoms with Crippen molar-refractivity contribution in [3.05, 3.63) is 39.9 Å². The summed E-state index contributed by atoms with van der Waals surface area (Å²) < 4.78 is 36.0. The number of nitriles is 2. The molecule has 1 aromatic carbocycles. The maximum absolute atomic E-state index is 12.0. The SMILES string of the molecule is N#CC#N.O=[N+]([O-])c1cccc(C(F)(F)F)c1. The van der Waals surface area contributed by atoms with E-state index < -0.39 is 22.4 Å². The summed E-state index contributed by atoms with van der Waals surface area (Å²) in [5, 5.41) is 24.6. The second kappa shape index (κ2) is 6.08. The number of alkyl halides is 3. The molecular weight excluding hydrogens is 239 g/mol. The zero-order valence-electron chi connectivity index (χ0n) is 8.10. The molecule has 0 aliphatic carbocycles. The lowest BCUT2D eigenvalue weighted by molar-refractivity contribution is -0.385. The normalized spacial score (nSPS) is 9.24. The van der Waals surface area contributed by atoms with Crippen LogP contribution >= 0.6 is 0 Å². The van der Waals surface area contributed by atoms with Crippen LogP contribution in [0.4, 0.5) is 18.9 Å². The molecule has 0 unspecified atom stereocenters. The number of hydrogen-bond donors (Lipinski definition) is 0. The van der Waals surface area contributed by atoms with E-state index in [1.807, 2.05) is 0 Å². The summed E-state index contributed by atoms with van der Waals surface area (Å²) in [7, 11) is 0. The molecule has 0 saturated carbocycles. The van der Waals surface area contributed by atoms with Gasteiger partial charge in [-0.05, 0) is 6.07 Å². The minimum Gasteiger partial charge on any atom is -0.258 e.